The predicted octanol–water partition coefficient (Wildman–Crippen LogP) is 1.32. The summed E-state index contributed by atoms with van der Waals surface area (Å²) in [5.74, 6) is 0.365. The minimum absolute atomic E-state index is 0.279. The first kappa shape index (κ1) is 11.1. The second-order valence-corrected chi connectivity index (χ2v) is 4.63. The van der Waals surface area contributed by atoms with E-state index in [1.807, 2.05) is 0 Å². The summed E-state index contributed by atoms with van der Waals surface area (Å²) in [5.41, 5.74) is 7.81. The van der Waals surface area contributed by atoms with E-state index in [9.17, 15) is 4.79 Å². The third-order valence-corrected chi connectivity index (χ3v) is 3.22. The molecule has 0 saturated heterocycles. The van der Waals surface area contributed by atoms with Crippen LogP contribution in [0.2, 0.25) is 0 Å². The molecule has 1 aliphatic rings. The van der Waals surface area contributed by atoms with Crippen molar-refractivity contribution in [3.05, 3.63) is 35.4 Å². The van der Waals surface area contributed by atoms with E-state index in [0.717, 1.165) is 12.8 Å². The van der Waals surface area contributed by atoms with Crippen LogP contribution in [0.1, 0.15) is 29.9 Å². The number of hydrogen-bond donors (Lipinski definition) is 2. The quantitative estimate of drug-likeness (QED) is 0.800. The molecule has 1 amide bonds. The molecule has 86 valence electrons. The van der Waals surface area contributed by atoms with Crippen molar-refractivity contribution in [3.8, 4) is 0 Å². The molecule has 1 aliphatic carbocycles. The Hall–Kier alpha value is -1.35. The molecule has 2 rings (SSSR count). The third kappa shape index (κ3) is 2.61. The molecule has 1 aromatic rings. The van der Waals surface area contributed by atoms with E-state index in [4.69, 9.17) is 5.73 Å². The molecule has 3 N–H and O–H groups in total. The van der Waals surface area contributed by atoms with Crippen LogP contribution >= 0.6 is 0 Å². The maximum atomic E-state index is 10.6. The number of carbonyl (C=O) groups is 1. The molecule has 1 fully saturated rings. The maximum absolute atomic E-state index is 10.6. The number of nitrogens with two attached hydrogens (primary N) is 1. The number of primary amides is 1. The van der Waals surface area contributed by atoms with Crippen molar-refractivity contribution in [1.82, 2.24) is 5.32 Å². The Bertz CT molecular complexity index is 383. The lowest BCUT2D eigenvalue weighted by Gasteiger charge is -2.36. The van der Waals surface area contributed by atoms with Crippen molar-refractivity contribution in [1.29, 1.82) is 0 Å². The van der Waals surface area contributed by atoms with Gasteiger partial charge in [-0.15, -0.1) is 0 Å². The molecule has 0 aliphatic heterocycles. The average molecular weight is 218 g/mol. The first-order valence-electron chi connectivity index (χ1n) is 5.73. The number of carbonyl (C=O) groups excluding carboxylic acids is 1. The number of rotatable bonds is 4. The van der Waals surface area contributed by atoms with Crippen molar-refractivity contribution < 1.29 is 4.79 Å². The van der Waals surface area contributed by atoms with Crippen LogP contribution in [0, 0.1) is 6.92 Å². The largest absolute Gasteiger partial charge is 0.369 e. The minimum Gasteiger partial charge on any atom is -0.369 e. The van der Waals surface area contributed by atoms with Crippen LogP contribution in [0.4, 0.5) is 0 Å². The van der Waals surface area contributed by atoms with E-state index in [-0.39, 0.29) is 5.91 Å². The molecule has 0 bridgehead atoms. The summed E-state index contributed by atoms with van der Waals surface area (Å²) in [6, 6.07) is 9.11. The standard InChI is InChI=1S/C13H18N2O/c1-9-3-2-4-10(5-9)11-6-12(7-11)15-8-13(14)16/h2-5,11-12,15H,6-8H2,1H3,(H2,14,16). The van der Waals surface area contributed by atoms with Gasteiger partial charge in [-0.1, -0.05) is 29.8 Å². The molecule has 0 spiro atoms. The van der Waals surface area contributed by atoms with Gasteiger partial charge in [-0.2, -0.15) is 0 Å². The van der Waals surface area contributed by atoms with Crippen molar-refractivity contribution in [2.45, 2.75) is 31.7 Å². The molecular weight excluding hydrogens is 200 g/mol. The van der Waals surface area contributed by atoms with Crippen LogP contribution in [0.15, 0.2) is 24.3 Å². The van der Waals surface area contributed by atoms with Gasteiger partial charge in [0.05, 0.1) is 6.54 Å². The van der Waals surface area contributed by atoms with Gasteiger partial charge in [-0.3, -0.25) is 4.79 Å². The number of aryl methyl sites for hydroxylation is 1. The Morgan fingerprint density at radius 2 is 2.25 bits per heavy atom. The Morgan fingerprint density at radius 3 is 2.88 bits per heavy atom. The Morgan fingerprint density at radius 1 is 1.50 bits per heavy atom. The summed E-state index contributed by atoms with van der Waals surface area (Å²) in [6.07, 6.45) is 2.22. The predicted molar refractivity (Wildman–Crippen MR) is 64.1 cm³/mol. The summed E-state index contributed by atoms with van der Waals surface area (Å²) < 4.78 is 0. The van der Waals surface area contributed by atoms with E-state index in [1.54, 1.807) is 0 Å². The minimum atomic E-state index is -0.279. The van der Waals surface area contributed by atoms with E-state index >= 15 is 0 Å². The van der Waals surface area contributed by atoms with E-state index in [1.165, 1.54) is 11.1 Å². The zero-order valence-electron chi connectivity index (χ0n) is 9.57. The van der Waals surface area contributed by atoms with E-state index in [2.05, 4.69) is 36.5 Å². The SMILES string of the molecule is Cc1cccc(C2CC(NCC(N)=O)C2)c1. The Balaban J connectivity index is 1.82. The Labute approximate surface area is 96.0 Å². The molecule has 0 unspecified atom stereocenters. The van der Waals surface area contributed by atoms with Gasteiger partial charge in [0.15, 0.2) is 0 Å². The van der Waals surface area contributed by atoms with Crippen LogP contribution in [-0.2, 0) is 4.79 Å². The molecule has 16 heavy (non-hydrogen) atoms. The lowest BCUT2D eigenvalue weighted by molar-refractivity contribution is -0.117. The van der Waals surface area contributed by atoms with Crippen LogP contribution in [0.3, 0.4) is 0 Å². The smallest absolute Gasteiger partial charge is 0.231 e. The number of amides is 1. The first-order chi connectivity index (χ1) is 7.65. The fraction of sp³-hybridized carbons (Fsp3) is 0.462. The zero-order chi connectivity index (χ0) is 11.5. The summed E-state index contributed by atoms with van der Waals surface area (Å²) in [4.78, 5) is 10.6. The average Bonchev–Trinajstić information content (AvgIpc) is 2.14. The van der Waals surface area contributed by atoms with Crippen LogP contribution in [0.25, 0.3) is 0 Å². The van der Waals surface area contributed by atoms with Crippen molar-refractivity contribution in [2.24, 2.45) is 5.73 Å². The lowest BCUT2D eigenvalue weighted by Crippen LogP contribution is -2.43. The lowest BCUT2D eigenvalue weighted by atomic mass is 9.75. The van der Waals surface area contributed by atoms with Crippen molar-refractivity contribution in [2.75, 3.05) is 6.54 Å². The van der Waals surface area contributed by atoms with Gasteiger partial charge < -0.3 is 11.1 Å². The van der Waals surface area contributed by atoms with Gasteiger partial charge in [-0.25, -0.2) is 0 Å². The van der Waals surface area contributed by atoms with Gasteiger partial charge in [-0.05, 0) is 31.2 Å². The van der Waals surface area contributed by atoms with Gasteiger partial charge in [0, 0.05) is 6.04 Å². The summed E-state index contributed by atoms with van der Waals surface area (Å²) in [6.45, 7) is 2.41. The third-order valence-electron chi connectivity index (χ3n) is 3.22. The molecule has 3 nitrogen and oxygen atoms in total. The number of hydrogen-bond acceptors (Lipinski definition) is 2. The molecule has 0 aromatic heterocycles. The van der Waals surface area contributed by atoms with Crippen molar-refractivity contribution in [3.63, 3.8) is 0 Å². The molecule has 1 aromatic carbocycles. The highest BCUT2D eigenvalue weighted by Crippen LogP contribution is 2.36. The normalized spacial score (nSPS) is 23.8. The van der Waals surface area contributed by atoms with Gasteiger partial charge >= 0.3 is 0 Å². The van der Waals surface area contributed by atoms with Gasteiger partial charge in [0.25, 0.3) is 0 Å². The fourth-order valence-corrected chi connectivity index (χ4v) is 2.23. The topological polar surface area (TPSA) is 55.1 Å². The number of nitrogens with one attached hydrogen (secondary N) is 1. The molecular formula is C13H18N2O. The van der Waals surface area contributed by atoms with E-state index < -0.39 is 0 Å². The second-order valence-electron chi connectivity index (χ2n) is 4.63. The second kappa shape index (κ2) is 4.66. The monoisotopic (exact) mass is 218 g/mol. The zero-order valence-corrected chi connectivity index (χ0v) is 9.57. The molecule has 0 heterocycles. The van der Waals surface area contributed by atoms with Crippen molar-refractivity contribution >= 4 is 5.91 Å². The van der Waals surface area contributed by atoms with Crippen LogP contribution in [-0.4, -0.2) is 18.5 Å². The summed E-state index contributed by atoms with van der Waals surface area (Å²) in [5, 5.41) is 3.16. The van der Waals surface area contributed by atoms with Gasteiger partial charge in [0.2, 0.25) is 5.91 Å². The maximum Gasteiger partial charge on any atom is 0.231 e. The Kier molecular flexibility index (Phi) is 3.25. The van der Waals surface area contributed by atoms with E-state index in [0.29, 0.717) is 18.5 Å². The molecule has 1 saturated carbocycles. The summed E-state index contributed by atoms with van der Waals surface area (Å²) in [7, 11) is 0. The highest BCUT2D eigenvalue weighted by atomic mass is 16.1. The first-order valence-corrected chi connectivity index (χ1v) is 5.73. The number of benzene rings is 1. The fourth-order valence-electron chi connectivity index (χ4n) is 2.23. The summed E-state index contributed by atoms with van der Waals surface area (Å²) >= 11 is 0. The molecule has 0 radical (unpaired) electrons. The molecule has 0 atom stereocenters. The highest BCUT2D eigenvalue weighted by Gasteiger charge is 2.29. The van der Waals surface area contributed by atoms with Crippen LogP contribution in [0.5, 0.6) is 0 Å². The highest BCUT2D eigenvalue weighted by molar-refractivity contribution is 5.75. The van der Waals surface area contributed by atoms with Gasteiger partial charge in [0.1, 0.15) is 0 Å². The van der Waals surface area contributed by atoms with Crippen LogP contribution < -0.4 is 11.1 Å². The molecule has 3 heteroatoms.